The first kappa shape index (κ1) is 16.1. The number of nitrogens with zero attached hydrogens (tertiary/aromatic N) is 3. The van der Waals surface area contributed by atoms with Gasteiger partial charge in [0.1, 0.15) is 18.5 Å². The molecule has 22 heavy (non-hydrogen) atoms. The number of esters is 1. The first-order valence-corrected chi connectivity index (χ1v) is 6.67. The van der Waals surface area contributed by atoms with Gasteiger partial charge in [-0.15, -0.1) is 0 Å². The van der Waals surface area contributed by atoms with E-state index in [1.807, 2.05) is 13.8 Å². The van der Waals surface area contributed by atoms with Crippen molar-refractivity contribution in [1.82, 2.24) is 0 Å². The normalized spacial score (nSPS) is 19.3. The minimum atomic E-state index is -0.612. The maximum absolute atomic E-state index is 11.6. The highest BCUT2D eigenvalue weighted by Crippen LogP contribution is 2.27. The Morgan fingerprint density at radius 2 is 2.32 bits per heavy atom. The molecule has 0 spiro atoms. The van der Waals surface area contributed by atoms with E-state index in [1.165, 1.54) is 19.2 Å². The molecule has 1 fully saturated rings. The highest BCUT2D eigenvalue weighted by Gasteiger charge is 2.33. The molecule has 1 aromatic carbocycles. The summed E-state index contributed by atoms with van der Waals surface area (Å²) < 4.78 is 21.3. The average Bonchev–Trinajstić information content (AvgIpc) is 2.84. The summed E-state index contributed by atoms with van der Waals surface area (Å²) in [6.45, 7) is 4.39. The summed E-state index contributed by atoms with van der Waals surface area (Å²) >= 11 is 0. The summed E-state index contributed by atoms with van der Waals surface area (Å²) in [4.78, 5) is 14.3. The zero-order chi connectivity index (χ0) is 16.2. The molecule has 0 radical (unpaired) electrons. The van der Waals surface area contributed by atoms with Crippen molar-refractivity contribution < 1.29 is 23.7 Å². The lowest BCUT2D eigenvalue weighted by molar-refractivity contribution is -0.141. The van der Waals surface area contributed by atoms with Gasteiger partial charge in [0.25, 0.3) is 0 Å². The third-order valence-corrected chi connectivity index (χ3v) is 3.03. The molecule has 2 rings (SSSR count). The number of carbonyl (C=O) groups is 1. The molecule has 0 aromatic heterocycles. The Hall–Kier alpha value is -2.28. The van der Waals surface area contributed by atoms with Gasteiger partial charge < -0.3 is 18.9 Å². The monoisotopic (exact) mass is 307 g/mol. The van der Waals surface area contributed by atoms with Crippen molar-refractivity contribution in [1.29, 1.82) is 0 Å². The van der Waals surface area contributed by atoms with Gasteiger partial charge in [0.15, 0.2) is 5.79 Å². The van der Waals surface area contributed by atoms with E-state index in [9.17, 15) is 4.79 Å². The molecule has 0 N–H and O–H groups in total. The quantitative estimate of drug-likeness (QED) is 0.360. The summed E-state index contributed by atoms with van der Waals surface area (Å²) in [5, 5.41) is 3.48. The van der Waals surface area contributed by atoms with Crippen LogP contribution in [0.25, 0.3) is 10.4 Å². The molecule has 1 aliphatic heterocycles. The van der Waals surface area contributed by atoms with Crippen LogP contribution in [-0.2, 0) is 14.2 Å². The molecular formula is C14H17N3O5. The van der Waals surface area contributed by atoms with Crippen molar-refractivity contribution in [3.05, 3.63) is 34.2 Å². The van der Waals surface area contributed by atoms with Crippen LogP contribution in [0, 0.1) is 0 Å². The number of benzene rings is 1. The Morgan fingerprint density at radius 1 is 1.55 bits per heavy atom. The van der Waals surface area contributed by atoms with Crippen molar-refractivity contribution in [2.75, 3.05) is 20.3 Å². The molecule has 118 valence electrons. The number of rotatable bonds is 5. The Kier molecular flexibility index (Phi) is 4.87. The Morgan fingerprint density at radius 3 is 2.91 bits per heavy atom. The van der Waals surface area contributed by atoms with Gasteiger partial charge in [-0.3, -0.25) is 0 Å². The van der Waals surface area contributed by atoms with Gasteiger partial charge >= 0.3 is 5.97 Å². The van der Waals surface area contributed by atoms with Crippen LogP contribution in [0.5, 0.6) is 5.75 Å². The molecule has 0 amide bonds. The molecule has 0 saturated carbocycles. The summed E-state index contributed by atoms with van der Waals surface area (Å²) in [5.74, 6) is -0.731. The zero-order valence-electron chi connectivity index (χ0n) is 12.6. The smallest absolute Gasteiger partial charge is 0.338 e. The standard InChI is InChI=1S/C14H17N3O5/c1-14(2)21-8-10(22-14)7-20-9-4-5-11(13(18)19-3)12(6-9)16-17-15/h4-6,10H,7-8H2,1-3H3. The highest BCUT2D eigenvalue weighted by molar-refractivity contribution is 5.95. The molecule has 1 aromatic rings. The fraction of sp³-hybridized carbons (Fsp3) is 0.500. The summed E-state index contributed by atoms with van der Waals surface area (Å²) in [6.07, 6.45) is -0.182. The second-order valence-electron chi connectivity index (χ2n) is 5.12. The highest BCUT2D eigenvalue weighted by atomic mass is 16.7. The third kappa shape index (κ3) is 3.88. The largest absolute Gasteiger partial charge is 0.491 e. The van der Waals surface area contributed by atoms with Gasteiger partial charge in [-0.1, -0.05) is 5.11 Å². The second kappa shape index (κ2) is 6.65. The Bertz CT molecular complexity index is 610. The Balaban J connectivity index is 2.07. The maximum atomic E-state index is 11.6. The molecule has 1 heterocycles. The van der Waals surface area contributed by atoms with Crippen molar-refractivity contribution >= 4 is 11.7 Å². The van der Waals surface area contributed by atoms with Gasteiger partial charge in [-0.05, 0) is 37.6 Å². The van der Waals surface area contributed by atoms with Gasteiger partial charge in [0.2, 0.25) is 0 Å². The first-order valence-electron chi connectivity index (χ1n) is 6.67. The maximum Gasteiger partial charge on any atom is 0.338 e. The van der Waals surface area contributed by atoms with Crippen LogP contribution in [0.2, 0.25) is 0 Å². The number of hydrogen-bond donors (Lipinski definition) is 0. The minimum Gasteiger partial charge on any atom is -0.491 e. The molecule has 0 aliphatic carbocycles. The van der Waals surface area contributed by atoms with Crippen LogP contribution in [0.3, 0.4) is 0 Å². The second-order valence-corrected chi connectivity index (χ2v) is 5.12. The van der Waals surface area contributed by atoms with Crippen LogP contribution >= 0.6 is 0 Å². The molecule has 1 unspecified atom stereocenters. The van der Waals surface area contributed by atoms with Gasteiger partial charge in [-0.2, -0.15) is 0 Å². The van der Waals surface area contributed by atoms with Crippen molar-refractivity contribution in [3.63, 3.8) is 0 Å². The van der Waals surface area contributed by atoms with E-state index in [4.69, 9.17) is 19.7 Å². The zero-order valence-corrected chi connectivity index (χ0v) is 12.6. The summed E-state index contributed by atoms with van der Waals surface area (Å²) in [7, 11) is 1.26. The molecular weight excluding hydrogens is 290 g/mol. The number of ether oxygens (including phenoxy) is 4. The van der Waals surface area contributed by atoms with E-state index in [0.29, 0.717) is 12.4 Å². The lowest BCUT2D eigenvalue weighted by Gasteiger charge is -2.17. The Labute approximate surface area is 127 Å². The van der Waals surface area contributed by atoms with E-state index in [2.05, 4.69) is 14.8 Å². The predicted octanol–water partition coefficient (Wildman–Crippen LogP) is 2.95. The molecule has 1 atom stereocenters. The van der Waals surface area contributed by atoms with Crippen LogP contribution in [0.1, 0.15) is 24.2 Å². The number of carbonyl (C=O) groups excluding carboxylic acids is 1. The van der Waals surface area contributed by atoms with E-state index < -0.39 is 11.8 Å². The molecule has 8 heteroatoms. The van der Waals surface area contributed by atoms with Crippen molar-refractivity contribution in [2.24, 2.45) is 5.11 Å². The summed E-state index contributed by atoms with van der Waals surface area (Å²) in [6, 6.07) is 4.57. The third-order valence-electron chi connectivity index (χ3n) is 3.03. The lowest BCUT2D eigenvalue weighted by atomic mass is 10.2. The first-order chi connectivity index (χ1) is 10.4. The van der Waals surface area contributed by atoms with E-state index in [-0.39, 0.29) is 24.0 Å². The van der Waals surface area contributed by atoms with E-state index >= 15 is 0 Å². The molecule has 1 saturated heterocycles. The average molecular weight is 307 g/mol. The van der Waals surface area contributed by atoms with Gasteiger partial charge in [0, 0.05) is 4.91 Å². The molecule has 0 bridgehead atoms. The van der Waals surface area contributed by atoms with Crippen LogP contribution in [0.15, 0.2) is 23.3 Å². The minimum absolute atomic E-state index is 0.149. The molecule has 8 nitrogen and oxygen atoms in total. The van der Waals surface area contributed by atoms with Gasteiger partial charge in [0.05, 0.1) is 25.0 Å². The fourth-order valence-corrected chi connectivity index (χ4v) is 2.05. The van der Waals surface area contributed by atoms with Crippen LogP contribution in [-0.4, -0.2) is 38.2 Å². The fourth-order valence-electron chi connectivity index (χ4n) is 2.05. The molecule has 1 aliphatic rings. The van der Waals surface area contributed by atoms with Crippen LogP contribution < -0.4 is 4.74 Å². The number of azide groups is 1. The number of hydrogen-bond acceptors (Lipinski definition) is 6. The van der Waals surface area contributed by atoms with Crippen molar-refractivity contribution in [3.8, 4) is 5.75 Å². The topological polar surface area (TPSA) is 103 Å². The van der Waals surface area contributed by atoms with Gasteiger partial charge in [-0.25, -0.2) is 4.79 Å². The summed E-state index contributed by atoms with van der Waals surface area (Å²) in [5.41, 5.74) is 8.90. The van der Waals surface area contributed by atoms with E-state index in [0.717, 1.165) is 0 Å². The van der Waals surface area contributed by atoms with E-state index in [1.54, 1.807) is 6.07 Å². The predicted molar refractivity (Wildman–Crippen MR) is 77.0 cm³/mol. The lowest BCUT2D eigenvalue weighted by Crippen LogP contribution is -2.25. The van der Waals surface area contributed by atoms with Crippen molar-refractivity contribution in [2.45, 2.75) is 25.7 Å². The number of methoxy groups -OCH3 is 1. The SMILES string of the molecule is COC(=O)c1ccc(OCC2COC(C)(C)O2)cc1N=[N+]=[N-]. The van der Waals surface area contributed by atoms with Crippen LogP contribution in [0.4, 0.5) is 5.69 Å².